The van der Waals surface area contributed by atoms with Crippen LogP contribution in [-0.4, -0.2) is 26.6 Å². The van der Waals surface area contributed by atoms with Crippen molar-refractivity contribution in [3.8, 4) is 5.75 Å². The van der Waals surface area contributed by atoms with E-state index in [0.29, 0.717) is 13.1 Å². The molecule has 0 aliphatic carbocycles. The van der Waals surface area contributed by atoms with Gasteiger partial charge in [-0.3, -0.25) is 4.79 Å². The molecule has 1 aromatic heterocycles. The summed E-state index contributed by atoms with van der Waals surface area (Å²) in [5, 5.41) is 7.54. The van der Waals surface area contributed by atoms with Gasteiger partial charge in [0.05, 0.1) is 18.5 Å². The number of likely N-dealkylation sites (N-methyl/N-ethyl adjacent to an activating group) is 1. The molecule has 4 nitrogen and oxygen atoms in total. The van der Waals surface area contributed by atoms with Crippen LogP contribution in [-0.2, 0) is 11.3 Å². The topological polar surface area (TPSA) is 50.4 Å². The van der Waals surface area contributed by atoms with Gasteiger partial charge < -0.3 is 15.4 Å². The molecular weight excluding hydrogens is 200 g/mol. The molecule has 0 saturated carbocycles. The van der Waals surface area contributed by atoms with Crippen molar-refractivity contribution in [2.45, 2.75) is 6.54 Å². The third-order valence-electron chi connectivity index (χ3n) is 1.77. The Morgan fingerprint density at radius 1 is 1.64 bits per heavy atom. The maximum absolute atomic E-state index is 10.9. The predicted octanol–water partition coefficient (Wildman–Crippen LogP) is 0.592. The van der Waals surface area contributed by atoms with Gasteiger partial charge in [-0.2, -0.15) is 0 Å². The monoisotopic (exact) mass is 214 g/mol. The van der Waals surface area contributed by atoms with Crippen molar-refractivity contribution >= 4 is 17.2 Å². The minimum absolute atomic E-state index is 0.0134. The van der Waals surface area contributed by atoms with E-state index in [2.05, 4.69) is 10.6 Å². The van der Waals surface area contributed by atoms with Gasteiger partial charge in [0, 0.05) is 13.6 Å². The van der Waals surface area contributed by atoms with E-state index >= 15 is 0 Å². The Bertz CT molecular complexity index is 299. The molecule has 1 rings (SSSR count). The van der Waals surface area contributed by atoms with Gasteiger partial charge in [0.1, 0.15) is 5.75 Å². The largest absolute Gasteiger partial charge is 0.496 e. The second-order valence-corrected chi connectivity index (χ2v) is 3.69. The number of hydrogen-bond donors (Lipinski definition) is 2. The van der Waals surface area contributed by atoms with E-state index in [4.69, 9.17) is 4.74 Å². The van der Waals surface area contributed by atoms with Crippen molar-refractivity contribution in [3.63, 3.8) is 0 Å². The van der Waals surface area contributed by atoms with Gasteiger partial charge >= 0.3 is 0 Å². The third-order valence-corrected chi connectivity index (χ3v) is 2.68. The molecule has 0 fully saturated rings. The first kappa shape index (κ1) is 11.0. The van der Waals surface area contributed by atoms with Crippen molar-refractivity contribution in [3.05, 3.63) is 16.3 Å². The minimum atomic E-state index is -0.0134. The molecule has 2 N–H and O–H groups in total. The zero-order chi connectivity index (χ0) is 10.4. The van der Waals surface area contributed by atoms with E-state index in [1.54, 1.807) is 25.5 Å². The Balaban J connectivity index is 2.34. The highest BCUT2D eigenvalue weighted by Gasteiger charge is 2.04. The summed E-state index contributed by atoms with van der Waals surface area (Å²) in [6.07, 6.45) is 0. The van der Waals surface area contributed by atoms with Crippen molar-refractivity contribution in [1.29, 1.82) is 0 Å². The SMILES string of the molecule is CNC(=O)CNCc1sccc1OC. The normalized spacial score (nSPS) is 9.86. The van der Waals surface area contributed by atoms with E-state index in [9.17, 15) is 4.79 Å². The molecule has 0 unspecified atom stereocenters. The molecule has 1 amide bonds. The van der Waals surface area contributed by atoms with Gasteiger partial charge in [0.2, 0.25) is 5.91 Å². The molecule has 0 radical (unpaired) electrons. The molecule has 0 saturated heterocycles. The maximum Gasteiger partial charge on any atom is 0.233 e. The van der Waals surface area contributed by atoms with Crippen LogP contribution in [0.25, 0.3) is 0 Å². The number of amides is 1. The van der Waals surface area contributed by atoms with Gasteiger partial charge in [-0.05, 0) is 11.4 Å². The maximum atomic E-state index is 10.9. The second-order valence-electron chi connectivity index (χ2n) is 2.69. The van der Waals surface area contributed by atoms with Gasteiger partial charge in [-0.1, -0.05) is 0 Å². The van der Waals surface area contributed by atoms with Crippen LogP contribution >= 0.6 is 11.3 Å². The van der Waals surface area contributed by atoms with Crippen molar-refractivity contribution in [2.75, 3.05) is 20.7 Å². The zero-order valence-electron chi connectivity index (χ0n) is 8.29. The summed E-state index contributed by atoms with van der Waals surface area (Å²) < 4.78 is 5.14. The van der Waals surface area contributed by atoms with Gasteiger partial charge in [0.15, 0.2) is 0 Å². The Hall–Kier alpha value is -1.07. The molecule has 14 heavy (non-hydrogen) atoms. The molecule has 1 aromatic rings. The van der Waals surface area contributed by atoms with Crippen LogP contribution in [0.3, 0.4) is 0 Å². The summed E-state index contributed by atoms with van der Waals surface area (Å²) in [7, 11) is 3.26. The van der Waals surface area contributed by atoms with E-state index in [1.807, 2.05) is 11.4 Å². The molecule has 0 atom stereocenters. The highest BCUT2D eigenvalue weighted by Crippen LogP contribution is 2.23. The van der Waals surface area contributed by atoms with Gasteiger partial charge in [-0.25, -0.2) is 0 Å². The van der Waals surface area contributed by atoms with E-state index in [0.717, 1.165) is 10.6 Å². The van der Waals surface area contributed by atoms with Crippen molar-refractivity contribution in [2.24, 2.45) is 0 Å². The number of hydrogen-bond acceptors (Lipinski definition) is 4. The third kappa shape index (κ3) is 3.01. The summed E-state index contributed by atoms with van der Waals surface area (Å²) in [5.41, 5.74) is 0. The summed E-state index contributed by atoms with van der Waals surface area (Å²) >= 11 is 1.61. The molecule has 0 aliphatic rings. The van der Waals surface area contributed by atoms with Crippen LogP contribution < -0.4 is 15.4 Å². The van der Waals surface area contributed by atoms with E-state index in [1.165, 1.54) is 0 Å². The number of carbonyl (C=O) groups excluding carboxylic acids is 1. The standard InChI is InChI=1S/C9H14N2O2S/c1-10-9(12)6-11-5-8-7(13-2)3-4-14-8/h3-4,11H,5-6H2,1-2H3,(H,10,12). The summed E-state index contributed by atoms with van der Waals surface area (Å²) in [5.74, 6) is 0.861. The first-order valence-corrected chi connectivity index (χ1v) is 5.17. The fraction of sp³-hybridized carbons (Fsp3) is 0.444. The Labute approximate surface area is 87.3 Å². The average Bonchev–Trinajstić information content (AvgIpc) is 2.65. The summed E-state index contributed by atoms with van der Waals surface area (Å²) in [4.78, 5) is 12.0. The highest BCUT2D eigenvalue weighted by molar-refractivity contribution is 7.10. The minimum Gasteiger partial charge on any atom is -0.496 e. The van der Waals surface area contributed by atoms with Crippen LogP contribution in [0.1, 0.15) is 4.88 Å². The molecule has 78 valence electrons. The lowest BCUT2D eigenvalue weighted by Gasteiger charge is -2.04. The first-order valence-electron chi connectivity index (χ1n) is 4.29. The van der Waals surface area contributed by atoms with Crippen molar-refractivity contribution < 1.29 is 9.53 Å². The van der Waals surface area contributed by atoms with Gasteiger partial charge in [-0.15, -0.1) is 11.3 Å². The van der Waals surface area contributed by atoms with E-state index < -0.39 is 0 Å². The quantitative estimate of drug-likeness (QED) is 0.754. The Morgan fingerprint density at radius 3 is 3.07 bits per heavy atom. The molecular formula is C9H14N2O2S. The number of methoxy groups -OCH3 is 1. The molecule has 0 aliphatic heterocycles. The van der Waals surface area contributed by atoms with Crippen LogP contribution in [0.15, 0.2) is 11.4 Å². The highest BCUT2D eigenvalue weighted by atomic mass is 32.1. The molecule has 0 aromatic carbocycles. The summed E-state index contributed by atoms with van der Waals surface area (Å²) in [6.45, 7) is 0.992. The van der Waals surface area contributed by atoms with Crippen LogP contribution in [0.5, 0.6) is 5.75 Å². The van der Waals surface area contributed by atoms with Crippen molar-refractivity contribution in [1.82, 2.24) is 10.6 Å². The molecule has 1 heterocycles. The number of rotatable bonds is 5. The lowest BCUT2D eigenvalue weighted by Crippen LogP contribution is -2.30. The number of nitrogens with one attached hydrogen (secondary N) is 2. The Morgan fingerprint density at radius 2 is 2.43 bits per heavy atom. The second kappa shape index (κ2) is 5.62. The average molecular weight is 214 g/mol. The fourth-order valence-electron chi connectivity index (χ4n) is 1.02. The van der Waals surface area contributed by atoms with Crippen LogP contribution in [0, 0.1) is 0 Å². The Kier molecular flexibility index (Phi) is 4.42. The lowest BCUT2D eigenvalue weighted by atomic mass is 10.4. The zero-order valence-corrected chi connectivity index (χ0v) is 9.11. The number of thiophene rings is 1. The molecule has 0 bridgehead atoms. The van der Waals surface area contributed by atoms with E-state index in [-0.39, 0.29) is 5.91 Å². The number of ether oxygens (including phenoxy) is 1. The van der Waals surface area contributed by atoms with Crippen LogP contribution in [0.4, 0.5) is 0 Å². The smallest absolute Gasteiger partial charge is 0.233 e. The molecule has 0 spiro atoms. The summed E-state index contributed by atoms with van der Waals surface area (Å²) in [6, 6.07) is 1.92. The first-order chi connectivity index (χ1) is 6.77. The molecule has 5 heteroatoms. The number of carbonyl (C=O) groups is 1. The predicted molar refractivity (Wildman–Crippen MR) is 56.6 cm³/mol. The fourth-order valence-corrected chi connectivity index (χ4v) is 1.83. The van der Waals surface area contributed by atoms with Crippen LogP contribution in [0.2, 0.25) is 0 Å². The lowest BCUT2D eigenvalue weighted by molar-refractivity contribution is -0.119. The van der Waals surface area contributed by atoms with Gasteiger partial charge in [0.25, 0.3) is 0 Å².